The summed E-state index contributed by atoms with van der Waals surface area (Å²) in [5, 5.41) is 2.02. The molecule has 2 aromatic rings. The number of para-hydroxylation sites is 1. The minimum atomic E-state index is -1.07. The van der Waals surface area contributed by atoms with Gasteiger partial charge in [-0.05, 0) is 46.3 Å². The van der Waals surface area contributed by atoms with Gasteiger partial charge in [-0.2, -0.15) is 0 Å². The molecular weight excluding hydrogens is 527 g/mol. The van der Waals surface area contributed by atoms with Crippen LogP contribution in [0.1, 0.15) is 18.9 Å². The van der Waals surface area contributed by atoms with Crippen LogP contribution in [0.2, 0.25) is 0 Å². The molecule has 1 aliphatic rings. The third kappa shape index (κ3) is 4.34. The van der Waals surface area contributed by atoms with Crippen LogP contribution in [0, 0.1) is 5.82 Å². The number of rotatable bonds is 4. The van der Waals surface area contributed by atoms with E-state index in [1.165, 1.54) is 30.3 Å². The lowest BCUT2D eigenvalue weighted by Crippen LogP contribution is -2.54. The first-order chi connectivity index (χ1) is 14.2. The van der Waals surface area contributed by atoms with Gasteiger partial charge in [-0.3, -0.25) is 19.7 Å². The van der Waals surface area contributed by atoms with Gasteiger partial charge >= 0.3 is 12.0 Å². The lowest BCUT2D eigenvalue weighted by atomic mass is 10.1. The van der Waals surface area contributed by atoms with Crippen molar-refractivity contribution in [2.45, 2.75) is 13.3 Å². The highest BCUT2D eigenvalue weighted by molar-refractivity contribution is 9.11. The van der Waals surface area contributed by atoms with E-state index in [1.54, 1.807) is 13.0 Å². The summed E-state index contributed by atoms with van der Waals surface area (Å²) >= 11 is 6.58. The average molecular weight is 540 g/mol. The molecule has 0 unspecified atom stereocenters. The molecule has 3 rings (SSSR count). The fourth-order valence-electron chi connectivity index (χ4n) is 2.65. The van der Waals surface area contributed by atoms with Crippen LogP contribution < -0.4 is 15.0 Å². The number of hydrogen-bond donors (Lipinski definition) is 1. The number of amides is 4. The molecule has 7 nitrogen and oxygen atoms in total. The van der Waals surface area contributed by atoms with Crippen LogP contribution in [0.3, 0.4) is 0 Å². The van der Waals surface area contributed by atoms with Gasteiger partial charge in [0.2, 0.25) is 0 Å². The minimum Gasteiger partial charge on any atom is -0.425 e. The zero-order chi connectivity index (χ0) is 22.0. The van der Waals surface area contributed by atoms with Gasteiger partial charge in [-0.15, -0.1) is 0 Å². The van der Waals surface area contributed by atoms with Gasteiger partial charge < -0.3 is 4.74 Å². The number of benzene rings is 2. The van der Waals surface area contributed by atoms with Gasteiger partial charge in [0, 0.05) is 16.5 Å². The summed E-state index contributed by atoms with van der Waals surface area (Å²) in [5.74, 6) is -3.22. The second-order valence-corrected chi connectivity index (χ2v) is 7.81. The summed E-state index contributed by atoms with van der Waals surface area (Å²) in [6.45, 7) is 1.61. The molecule has 1 fully saturated rings. The summed E-state index contributed by atoms with van der Waals surface area (Å²) in [4.78, 5) is 49.9. The van der Waals surface area contributed by atoms with Crippen molar-refractivity contribution >= 4 is 67.4 Å². The van der Waals surface area contributed by atoms with Crippen molar-refractivity contribution < 1.29 is 28.3 Å². The van der Waals surface area contributed by atoms with E-state index >= 15 is 0 Å². The minimum absolute atomic E-state index is 0.0903. The van der Waals surface area contributed by atoms with Crippen LogP contribution in [0.4, 0.5) is 14.9 Å². The lowest BCUT2D eigenvalue weighted by molar-refractivity contribution is -0.134. The second kappa shape index (κ2) is 8.88. The molecule has 1 saturated heterocycles. The number of imide groups is 2. The van der Waals surface area contributed by atoms with Crippen molar-refractivity contribution in [3.63, 3.8) is 0 Å². The lowest BCUT2D eigenvalue weighted by Gasteiger charge is -2.26. The first kappa shape index (κ1) is 21.8. The topological polar surface area (TPSA) is 92.8 Å². The molecule has 0 bridgehead atoms. The highest BCUT2D eigenvalue weighted by Gasteiger charge is 2.38. The molecule has 154 valence electrons. The Morgan fingerprint density at radius 1 is 1.20 bits per heavy atom. The van der Waals surface area contributed by atoms with E-state index in [4.69, 9.17) is 4.74 Å². The Balaban J connectivity index is 2.11. The number of ether oxygens (including phenoxy) is 1. The summed E-state index contributed by atoms with van der Waals surface area (Å²) in [7, 11) is 0. The predicted molar refractivity (Wildman–Crippen MR) is 113 cm³/mol. The monoisotopic (exact) mass is 538 g/mol. The first-order valence-electron chi connectivity index (χ1n) is 8.58. The van der Waals surface area contributed by atoms with Gasteiger partial charge in [0.05, 0.1) is 10.2 Å². The summed E-state index contributed by atoms with van der Waals surface area (Å²) in [6.07, 6.45) is 1.28. The number of halogens is 3. The molecule has 10 heteroatoms. The van der Waals surface area contributed by atoms with E-state index in [0.717, 1.165) is 6.07 Å². The number of nitrogens with one attached hydrogen (secondary N) is 1. The largest absolute Gasteiger partial charge is 0.425 e. The highest BCUT2D eigenvalue weighted by Crippen LogP contribution is 2.35. The van der Waals surface area contributed by atoms with Gasteiger partial charge in [0.1, 0.15) is 11.4 Å². The standard InChI is InChI=1S/C20H13Br2FN2O5/c1-2-16(26)30-17-10(7-11(21)9-13(17)22)8-12-18(27)24-20(29)25(19(12)28)15-6-4-3-5-14(15)23/h3-9H,2H2,1H3,(H,24,27,29)/b12-8-. The predicted octanol–water partition coefficient (Wildman–Crippen LogP) is 4.33. The molecule has 0 radical (unpaired) electrons. The SMILES string of the molecule is CCC(=O)Oc1c(Br)cc(Br)cc1/C=C1/C(=O)NC(=O)N(c2ccccc2F)C1=O. The fraction of sp³-hybridized carbons (Fsp3) is 0.100. The number of hydrogen-bond acceptors (Lipinski definition) is 5. The van der Waals surface area contributed by atoms with Gasteiger partial charge in [-0.1, -0.05) is 35.0 Å². The zero-order valence-electron chi connectivity index (χ0n) is 15.4. The zero-order valence-corrected chi connectivity index (χ0v) is 18.5. The number of carbonyl (C=O) groups excluding carboxylic acids is 4. The molecule has 2 aromatic carbocycles. The maximum absolute atomic E-state index is 14.2. The number of urea groups is 1. The first-order valence-corrected chi connectivity index (χ1v) is 10.2. The van der Waals surface area contributed by atoms with E-state index in [-0.39, 0.29) is 23.4 Å². The van der Waals surface area contributed by atoms with E-state index in [2.05, 4.69) is 31.9 Å². The number of nitrogens with zero attached hydrogens (tertiary/aromatic N) is 1. The van der Waals surface area contributed by atoms with Crippen LogP contribution >= 0.6 is 31.9 Å². The molecule has 4 amide bonds. The number of barbiturate groups is 1. The molecule has 0 aromatic heterocycles. The van der Waals surface area contributed by atoms with E-state index in [9.17, 15) is 23.6 Å². The van der Waals surface area contributed by atoms with E-state index in [0.29, 0.717) is 13.8 Å². The molecular formula is C20H13Br2FN2O5. The van der Waals surface area contributed by atoms with E-state index < -0.39 is 35.2 Å². The third-order valence-electron chi connectivity index (χ3n) is 4.04. The summed E-state index contributed by atoms with van der Waals surface area (Å²) in [5.41, 5.74) is -0.512. The number of anilines is 1. The van der Waals surface area contributed by atoms with Crippen molar-refractivity contribution in [3.8, 4) is 5.75 Å². The molecule has 0 spiro atoms. The maximum Gasteiger partial charge on any atom is 0.336 e. The number of esters is 1. The third-order valence-corrected chi connectivity index (χ3v) is 5.08. The molecule has 1 heterocycles. The fourth-order valence-corrected chi connectivity index (χ4v) is 3.99. The molecule has 1 aliphatic heterocycles. The molecule has 0 aliphatic carbocycles. The molecule has 1 N–H and O–H groups in total. The highest BCUT2D eigenvalue weighted by atomic mass is 79.9. The Bertz CT molecular complexity index is 1120. The van der Waals surface area contributed by atoms with Crippen LogP contribution in [0.25, 0.3) is 6.08 Å². The smallest absolute Gasteiger partial charge is 0.336 e. The quantitative estimate of drug-likeness (QED) is 0.270. The van der Waals surface area contributed by atoms with Crippen molar-refractivity contribution in [1.82, 2.24) is 5.32 Å². The van der Waals surface area contributed by atoms with Gasteiger partial charge in [-0.25, -0.2) is 14.1 Å². The normalized spacial score (nSPS) is 15.4. The van der Waals surface area contributed by atoms with Gasteiger partial charge in [0.15, 0.2) is 5.75 Å². The molecule has 30 heavy (non-hydrogen) atoms. The van der Waals surface area contributed by atoms with Crippen LogP contribution in [0.15, 0.2) is 50.9 Å². The van der Waals surface area contributed by atoms with Crippen molar-refractivity contribution in [3.05, 3.63) is 62.3 Å². The molecule has 0 atom stereocenters. The van der Waals surface area contributed by atoms with E-state index in [1.807, 2.05) is 5.32 Å². The van der Waals surface area contributed by atoms with Crippen molar-refractivity contribution in [2.75, 3.05) is 4.90 Å². The van der Waals surface area contributed by atoms with Crippen molar-refractivity contribution in [1.29, 1.82) is 0 Å². The number of carbonyl (C=O) groups is 4. The van der Waals surface area contributed by atoms with Crippen LogP contribution in [0.5, 0.6) is 5.75 Å². The van der Waals surface area contributed by atoms with Crippen LogP contribution in [-0.2, 0) is 14.4 Å². The summed E-state index contributed by atoms with van der Waals surface area (Å²) in [6, 6.07) is 7.26. The second-order valence-electron chi connectivity index (χ2n) is 6.04. The Morgan fingerprint density at radius 3 is 2.57 bits per heavy atom. The maximum atomic E-state index is 14.2. The Labute approximate surface area is 187 Å². The van der Waals surface area contributed by atoms with Crippen LogP contribution in [-0.4, -0.2) is 23.8 Å². The Hall–Kier alpha value is -2.85. The molecule has 0 saturated carbocycles. The Kier molecular flexibility index (Phi) is 6.47. The van der Waals surface area contributed by atoms with Gasteiger partial charge in [0.25, 0.3) is 11.8 Å². The van der Waals surface area contributed by atoms with Crippen molar-refractivity contribution in [2.24, 2.45) is 0 Å². The summed E-state index contributed by atoms with van der Waals surface area (Å²) < 4.78 is 20.5. The Morgan fingerprint density at radius 2 is 1.90 bits per heavy atom. The average Bonchev–Trinajstić information content (AvgIpc) is 2.68.